The van der Waals surface area contributed by atoms with Crippen LogP contribution in [0, 0.1) is 13.8 Å². The van der Waals surface area contributed by atoms with Crippen LogP contribution >= 0.6 is 11.6 Å². The molecule has 2 aromatic carbocycles. The number of hydrogen-bond acceptors (Lipinski definition) is 6. The molecular formula is C22H20ClN5O3. The molecule has 2 heterocycles. The molecule has 8 nitrogen and oxygen atoms in total. The number of hydrogen-bond donors (Lipinski definition) is 1. The monoisotopic (exact) mass is 437 g/mol. The van der Waals surface area contributed by atoms with E-state index in [1.807, 2.05) is 31.2 Å². The first-order chi connectivity index (χ1) is 15.0. The fourth-order valence-electron chi connectivity index (χ4n) is 2.90. The molecule has 31 heavy (non-hydrogen) atoms. The van der Waals surface area contributed by atoms with E-state index in [1.54, 1.807) is 42.2 Å². The van der Waals surface area contributed by atoms with E-state index in [1.165, 1.54) is 5.56 Å². The van der Waals surface area contributed by atoms with Crippen LogP contribution in [0.1, 0.15) is 32.9 Å². The molecular weight excluding hydrogens is 418 g/mol. The minimum Gasteiger partial charge on any atom is -0.489 e. The second-order valence-electron chi connectivity index (χ2n) is 7.01. The Morgan fingerprint density at radius 2 is 1.87 bits per heavy atom. The van der Waals surface area contributed by atoms with Crippen molar-refractivity contribution in [1.29, 1.82) is 0 Å². The smallest absolute Gasteiger partial charge is 0.280 e. The normalized spacial score (nSPS) is 10.8. The Morgan fingerprint density at radius 3 is 2.61 bits per heavy atom. The summed E-state index contributed by atoms with van der Waals surface area (Å²) in [5.41, 5.74) is 2.95. The van der Waals surface area contributed by atoms with Crippen molar-refractivity contribution in [1.82, 2.24) is 19.9 Å². The van der Waals surface area contributed by atoms with E-state index in [9.17, 15) is 4.79 Å². The third-order valence-corrected chi connectivity index (χ3v) is 4.88. The Morgan fingerprint density at radius 1 is 1.13 bits per heavy atom. The number of carbonyl (C=O) groups is 1. The Hall–Kier alpha value is -3.65. The number of halogens is 1. The zero-order valence-corrected chi connectivity index (χ0v) is 17.8. The van der Waals surface area contributed by atoms with Crippen molar-refractivity contribution >= 4 is 23.5 Å². The zero-order chi connectivity index (χ0) is 21.8. The summed E-state index contributed by atoms with van der Waals surface area (Å²) in [4.78, 5) is 16.9. The third kappa shape index (κ3) is 5.10. The standard InChI is InChI=1S/C22H20ClN5O3/c1-14-3-5-16(6-4-14)11-28-13-24-22(26-28)25-21(29)20-19(15(2)31-27-20)12-30-18-9-7-17(23)8-10-18/h3-10,13H,11-12H2,1-2H3,(H,25,26,29). The molecule has 0 bridgehead atoms. The molecule has 1 N–H and O–H groups in total. The van der Waals surface area contributed by atoms with Crippen molar-refractivity contribution < 1.29 is 14.1 Å². The SMILES string of the molecule is Cc1ccc(Cn2cnc(NC(=O)c3noc(C)c3COc3ccc(Cl)cc3)n2)cc1. The Balaban J connectivity index is 1.41. The van der Waals surface area contributed by atoms with Crippen LogP contribution in [0.3, 0.4) is 0 Å². The Labute approximate surface area is 183 Å². The van der Waals surface area contributed by atoms with Crippen LogP contribution in [0.15, 0.2) is 59.4 Å². The van der Waals surface area contributed by atoms with E-state index in [4.69, 9.17) is 20.9 Å². The number of aryl methyl sites for hydroxylation is 2. The highest BCUT2D eigenvalue weighted by atomic mass is 35.5. The first-order valence-electron chi connectivity index (χ1n) is 9.58. The van der Waals surface area contributed by atoms with Gasteiger partial charge in [-0.25, -0.2) is 9.67 Å². The summed E-state index contributed by atoms with van der Waals surface area (Å²) >= 11 is 5.89. The molecule has 0 spiro atoms. The minimum absolute atomic E-state index is 0.120. The molecule has 0 unspecified atom stereocenters. The number of nitrogens with zero attached hydrogens (tertiary/aromatic N) is 4. The Kier molecular flexibility index (Phi) is 5.99. The van der Waals surface area contributed by atoms with E-state index in [-0.39, 0.29) is 18.2 Å². The highest BCUT2D eigenvalue weighted by Crippen LogP contribution is 2.20. The van der Waals surface area contributed by atoms with Gasteiger partial charge >= 0.3 is 0 Å². The van der Waals surface area contributed by atoms with Gasteiger partial charge < -0.3 is 9.26 Å². The first-order valence-corrected chi connectivity index (χ1v) is 9.95. The third-order valence-electron chi connectivity index (χ3n) is 4.62. The van der Waals surface area contributed by atoms with Crippen molar-refractivity contribution in [3.8, 4) is 5.75 Å². The summed E-state index contributed by atoms with van der Waals surface area (Å²) < 4.78 is 12.6. The fraction of sp³-hybridized carbons (Fsp3) is 0.182. The van der Waals surface area contributed by atoms with Gasteiger partial charge in [-0.1, -0.05) is 46.6 Å². The van der Waals surface area contributed by atoms with E-state index in [0.29, 0.717) is 28.6 Å². The predicted octanol–water partition coefficient (Wildman–Crippen LogP) is 4.42. The van der Waals surface area contributed by atoms with E-state index in [2.05, 4.69) is 20.6 Å². The van der Waals surface area contributed by atoms with Gasteiger partial charge in [-0.15, -0.1) is 5.10 Å². The van der Waals surface area contributed by atoms with Gasteiger partial charge in [-0.05, 0) is 43.7 Å². The van der Waals surface area contributed by atoms with Crippen molar-refractivity contribution in [3.05, 3.63) is 88.0 Å². The number of benzene rings is 2. The molecule has 0 aliphatic rings. The number of ether oxygens (including phenoxy) is 1. The topological polar surface area (TPSA) is 95.1 Å². The van der Waals surface area contributed by atoms with Crippen molar-refractivity contribution in [2.45, 2.75) is 27.0 Å². The molecule has 0 saturated heterocycles. The molecule has 9 heteroatoms. The lowest BCUT2D eigenvalue weighted by molar-refractivity contribution is 0.101. The molecule has 158 valence electrons. The van der Waals surface area contributed by atoms with E-state index < -0.39 is 5.91 Å². The molecule has 0 radical (unpaired) electrons. The summed E-state index contributed by atoms with van der Waals surface area (Å²) in [6, 6.07) is 15.1. The summed E-state index contributed by atoms with van der Waals surface area (Å²) in [6.45, 7) is 4.42. The van der Waals surface area contributed by atoms with Crippen LogP contribution in [-0.2, 0) is 13.2 Å². The molecule has 2 aromatic heterocycles. The Bertz CT molecular complexity index is 1180. The van der Waals surface area contributed by atoms with Crippen LogP contribution in [0.5, 0.6) is 5.75 Å². The molecule has 0 saturated carbocycles. The minimum atomic E-state index is -0.473. The van der Waals surface area contributed by atoms with Crippen molar-refractivity contribution in [2.24, 2.45) is 0 Å². The number of amides is 1. The first kappa shape index (κ1) is 20.6. The van der Waals surface area contributed by atoms with Crippen LogP contribution in [0.4, 0.5) is 5.95 Å². The lowest BCUT2D eigenvalue weighted by Crippen LogP contribution is -2.16. The summed E-state index contributed by atoms with van der Waals surface area (Å²) in [5, 5.41) is 11.4. The summed E-state index contributed by atoms with van der Waals surface area (Å²) in [7, 11) is 0. The highest BCUT2D eigenvalue weighted by molar-refractivity contribution is 6.30. The van der Waals surface area contributed by atoms with Crippen molar-refractivity contribution in [2.75, 3.05) is 5.32 Å². The average molecular weight is 438 g/mol. The molecule has 0 aliphatic heterocycles. The molecule has 4 rings (SSSR count). The van der Waals surface area contributed by atoms with Gasteiger partial charge in [-0.2, -0.15) is 0 Å². The second-order valence-corrected chi connectivity index (χ2v) is 7.45. The lowest BCUT2D eigenvalue weighted by Gasteiger charge is -2.06. The summed E-state index contributed by atoms with van der Waals surface area (Å²) in [6.07, 6.45) is 1.56. The van der Waals surface area contributed by atoms with Gasteiger partial charge in [0, 0.05) is 5.02 Å². The quantitative estimate of drug-likeness (QED) is 0.460. The largest absolute Gasteiger partial charge is 0.489 e. The zero-order valence-electron chi connectivity index (χ0n) is 17.0. The number of rotatable bonds is 7. The van der Waals surface area contributed by atoms with E-state index >= 15 is 0 Å². The second kappa shape index (κ2) is 9.01. The molecule has 0 aliphatic carbocycles. The molecule has 0 fully saturated rings. The molecule has 1 amide bonds. The van der Waals surface area contributed by atoms with Crippen LogP contribution in [0.25, 0.3) is 0 Å². The van der Waals surface area contributed by atoms with Gasteiger partial charge in [0.05, 0.1) is 12.1 Å². The van der Waals surface area contributed by atoms with Crippen molar-refractivity contribution in [3.63, 3.8) is 0 Å². The maximum Gasteiger partial charge on any atom is 0.280 e. The fourth-order valence-corrected chi connectivity index (χ4v) is 3.02. The molecule has 0 atom stereocenters. The van der Waals surface area contributed by atoms with Crippen LogP contribution in [-0.4, -0.2) is 25.8 Å². The van der Waals surface area contributed by atoms with Gasteiger partial charge in [0.25, 0.3) is 5.91 Å². The average Bonchev–Trinajstić information content (AvgIpc) is 3.35. The summed E-state index contributed by atoms with van der Waals surface area (Å²) in [5.74, 6) is 0.826. The number of carbonyl (C=O) groups excluding carboxylic acids is 1. The number of anilines is 1. The van der Waals surface area contributed by atoms with Gasteiger partial charge in [-0.3, -0.25) is 10.1 Å². The maximum absolute atomic E-state index is 12.7. The lowest BCUT2D eigenvalue weighted by atomic mass is 10.1. The van der Waals surface area contributed by atoms with Crippen LogP contribution in [0.2, 0.25) is 5.02 Å². The van der Waals surface area contributed by atoms with Gasteiger partial charge in [0.1, 0.15) is 24.4 Å². The van der Waals surface area contributed by atoms with Gasteiger partial charge in [0.15, 0.2) is 5.69 Å². The molecule has 4 aromatic rings. The predicted molar refractivity (Wildman–Crippen MR) is 115 cm³/mol. The van der Waals surface area contributed by atoms with E-state index in [0.717, 1.165) is 5.56 Å². The number of aromatic nitrogens is 4. The maximum atomic E-state index is 12.7. The number of nitrogens with one attached hydrogen (secondary N) is 1. The van der Waals surface area contributed by atoms with Gasteiger partial charge in [0.2, 0.25) is 5.95 Å². The van der Waals surface area contributed by atoms with Crippen LogP contribution < -0.4 is 10.1 Å². The highest BCUT2D eigenvalue weighted by Gasteiger charge is 2.21.